The first-order valence-corrected chi connectivity index (χ1v) is 24.1. The highest BCUT2D eigenvalue weighted by Crippen LogP contribution is 2.43. The molecule has 64 heavy (non-hydrogen) atoms. The molecule has 18 atom stereocenters. The Morgan fingerprint density at radius 3 is 2.17 bits per heavy atom. The van der Waals surface area contributed by atoms with Crippen molar-refractivity contribution in [2.75, 3.05) is 40.3 Å². The van der Waals surface area contributed by atoms with Crippen LogP contribution >= 0.6 is 0 Å². The molecule has 1 aromatic rings. The van der Waals surface area contributed by atoms with Crippen molar-refractivity contribution in [3.8, 4) is 5.75 Å². The summed E-state index contributed by atoms with van der Waals surface area (Å²) in [5.41, 5.74) is -5.95. The van der Waals surface area contributed by atoms with Crippen molar-refractivity contribution < 1.29 is 58.4 Å². The fourth-order valence-electron chi connectivity index (χ4n) is 10.6. The van der Waals surface area contributed by atoms with Crippen LogP contribution in [-0.4, -0.2) is 161 Å². The Labute approximate surface area is 384 Å². The Kier molecular flexibility index (Phi) is 19.9. The molecule has 15 nitrogen and oxygen atoms in total. The minimum absolute atomic E-state index is 0.103. The van der Waals surface area contributed by atoms with E-state index in [0.717, 1.165) is 12.8 Å². The van der Waals surface area contributed by atoms with Gasteiger partial charge in [-0.3, -0.25) is 9.69 Å². The van der Waals surface area contributed by atoms with Gasteiger partial charge in [0.15, 0.2) is 18.7 Å². The van der Waals surface area contributed by atoms with Crippen molar-refractivity contribution in [1.29, 1.82) is 0 Å². The zero-order valence-electron chi connectivity index (χ0n) is 41.5. The van der Waals surface area contributed by atoms with Crippen LogP contribution in [0, 0.1) is 17.8 Å². The number of methoxy groups -OCH3 is 1. The molecule has 0 amide bonds. The third kappa shape index (κ3) is 12.6. The lowest BCUT2D eigenvalue weighted by Crippen LogP contribution is -2.70. The van der Waals surface area contributed by atoms with Gasteiger partial charge in [-0.05, 0) is 119 Å². The van der Waals surface area contributed by atoms with E-state index in [4.69, 9.17) is 33.2 Å². The van der Waals surface area contributed by atoms with Crippen molar-refractivity contribution >= 4 is 5.97 Å². The van der Waals surface area contributed by atoms with Gasteiger partial charge in [-0.2, -0.15) is 0 Å². The van der Waals surface area contributed by atoms with Gasteiger partial charge in [-0.15, -0.1) is 0 Å². The molecule has 3 aliphatic rings. The zero-order chi connectivity index (χ0) is 47.8. The van der Waals surface area contributed by atoms with Gasteiger partial charge in [0.1, 0.15) is 34.8 Å². The van der Waals surface area contributed by atoms with E-state index in [0.29, 0.717) is 31.8 Å². The number of para-hydroxylation sites is 1. The number of rotatable bonds is 15. The van der Waals surface area contributed by atoms with Gasteiger partial charge in [-0.25, -0.2) is 0 Å². The van der Waals surface area contributed by atoms with Crippen molar-refractivity contribution in [3.05, 3.63) is 30.3 Å². The van der Waals surface area contributed by atoms with Gasteiger partial charge in [0.05, 0.1) is 42.0 Å². The average Bonchev–Trinajstić information content (AvgIpc) is 3.24. The first-order valence-electron chi connectivity index (χ1n) is 24.1. The lowest BCUT2D eigenvalue weighted by Gasteiger charge is -2.53. The highest BCUT2D eigenvalue weighted by atomic mass is 16.7. The summed E-state index contributed by atoms with van der Waals surface area (Å²) in [6.45, 7) is 24.3. The molecule has 4 rings (SSSR count). The normalized spacial score (nSPS) is 43.5. The standard InChI is InChI=1S/C49H87N3O12/c1-15-23-51-29-49(57)35(9)60-39(27-47(49,11)58-14)63-40-32(6)43(64-45-41(37(50-13)25-31(5)59-45)61-36-21-19-18-20-22-36)46(10,55)26-30(4)28-52(24-16-2)34(8)42(53)48(12,56)38(17-3)62-44(54)33(40)7/h18-22,30-35,37-43,45,50-51,53,55-57H,15-17,23-29H2,1-14H3/t30-,31-,32+,33-,34-,35+,37+,38-,39+,40+,41-,42-,43-,45+,46-,47-,48-,49+/m1/s1. The second-order valence-electron chi connectivity index (χ2n) is 20.0. The summed E-state index contributed by atoms with van der Waals surface area (Å²) < 4.78 is 46.3. The number of aliphatic hydroxyl groups is 4. The van der Waals surface area contributed by atoms with Crippen LogP contribution in [0.15, 0.2) is 30.3 Å². The fourth-order valence-corrected chi connectivity index (χ4v) is 10.6. The number of benzene rings is 1. The molecule has 0 aromatic heterocycles. The van der Waals surface area contributed by atoms with E-state index in [1.807, 2.05) is 72.0 Å². The third-order valence-electron chi connectivity index (χ3n) is 14.6. The number of carbonyl (C=O) groups excluding carboxylic acids is 1. The Balaban J connectivity index is 1.88. The Morgan fingerprint density at radius 2 is 1.58 bits per heavy atom. The molecular weight excluding hydrogens is 823 g/mol. The van der Waals surface area contributed by atoms with Gasteiger partial charge >= 0.3 is 5.97 Å². The van der Waals surface area contributed by atoms with Crippen LogP contribution in [0.25, 0.3) is 0 Å². The number of carbonyl (C=O) groups is 1. The van der Waals surface area contributed by atoms with E-state index in [1.54, 1.807) is 27.9 Å². The maximum absolute atomic E-state index is 14.7. The second-order valence-corrected chi connectivity index (χ2v) is 20.0. The van der Waals surface area contributed by atoms with Crippen molar-refractivity contribution in [2.45, 2.75) is 211 Å². The number of cyclic esters (lactones) is 1. The fraction of sp³-hybridized carbons (Fsp3) is 0.857. The summed E-state index contributed by atoms with van der Waals surface area (Å²) >= 11 is 0. The predicted octanol–water partition coefficient (Wildman–Crippen LogP) is 4.80. The molecule has 3 fully saturated rings. The van der Waals surface area contributed by atoms with E-state index < -0.39 is 95.5 Å². The lowest BCUT2D eigenvalue weighted by atomic mass is 9.75. The lowest BCUT2D eigenvalue weighted by molar-refractivity contribution is -0.335. The van der Waals surface area contributed by atoms with Crippen LogP contribution in [0.4, 0.5) is 0 Å². The molecule has 3 aliphatic heterocycles. The number of nitrogens with zero attached hydrogens (tertiary/aromatic N) is 1. The molecule has 0 aliphatic carbocycles. The van der Waals surface area contributed by atoms with Gasteiger partial charge < -0.3 is 64.2 Å². The second kappa shape index (κ2) is 23.3. The first-order chi connectivity index (χ1) is 30.0. The first kappa shape index (κ1) is 54.6. The monoisotopic (exact) mass is 910 g/mol. The van der Waals surface area contributed by atoms with Crippen LogP contribution in [0.1, 0.15) is 122 Å². The largest absolute Gasteiger partial charge is 0.483 e. The molecule has 3 saturated heterocycles. The Morgan fingerprint density at radius 1 is 0.906 bits per heavy atom. The summed E-state index contributed by atoms with van der Waals surface area (Å²) in [7, 11) is 3.43. The van der Waals surface area contributed by atoms with E-state index in [9.17, 15) is 25.2 Å². The predicted molar refractivity (Wildman–Crippen MR) is 246 cm³/mol. The maximum atomic E-state index is 14.7. The number of nitrogens with one attached hydrogen (secondary N) is 2. The molecule has 15 heteroatoms. The highest BCUT2D eigenvalue weighted by molar-refractivity contribution is 5.73. The highest BCUT2D eigenvalue weighted by Gasteiger charge is 2.58. The quantitative estimate of drug-likeness (QED) is 0.104. The molecule has 0 saturated carbocycles. The number of likely N-dealkylation sites (N-methyl/N-ethyl adjacent to an activating group) is 1. The molecule has 1 aromatic carbocycles. The van der Waals surface area contributed by atoms with Crippen LogP contribution in [0.5, 0.6) is 5.75 Å². The SMILES string of the molecule is CCCNC[C@]1(O)[C@H](C)O[C@@H](O[C@H]2[C@H](C)[C@@H](O[C@@H]3O[C@H](C)C[C@H](NC)[C@H]3Oc3ccccc3)[C@](C)(O)C[C@@H](C)CN(CCC)[C@H](C)[C@@H](O)[C@](C)(O)[C@@H](CC)OC(=O)[C@@H]2C)C[C@@]1(C)OC. The molecule has 3 heterocycles. The average molecular weight is 910 g/mol. The summed E-state index contributed by atoms with van der Waals surface area (Å²) in [5.74, 6) is -1.95. The van der Waals surface area contributed by atoms with Gasteiger partial charge in [0.25, 0.3) is 0 Å². The molecule has 0 unspecified atom stereocenters. The number of hydrogen-bond donors (Lipinski definition) is 6. The van der Waals surface area contributed by atoms with Crippen LogP contribution in [-0.2, 0) is 33.2 Å². The Hall–Kier alpha value is -1.99. The Bertz CT molecular complexity index is 1560. The van der Waals surface area contributed by atoms with Crippen molar-refractivity contribution in [2.24, 2.45) is 17.8 Å². The molecule has 0 bridgehead atoms. The van der Waals surface area contributed by atoms with Gasteiger partial charge in [0, 0.05) is 38.6 Å². The smallest absolute Gasteiger partial charge is 0.311 e. The number of aliphatic hydroxyl groups excluding tert-OH is 1. The minimum atomic E-state index is -1.82. The molecule has 0 radical (unpaired) electrons. The van der Waals surface area contributed by atoms with Crippen LogP contribution < -0.4 is 15.4 Å². The molecule has 370 valence electrons. The summed E-state index contributed by atoms with van der Waals surface area (Å²) in [6.07, 6.45) is -5.12. The number of ether oxygens (including phenoxy) is 7. The number of esters is 1. The summed E-state index contributed by atoms with van der Waals surface area (Å²) in [4.78, 5) is 16.8. The summed E-state index contributed by atoms with van der Waals surface area (Å²) in [5, 5.41) is 55.9. The van der Waals surface area contributed by atoms with Gasteiger partial charge in [0.2, 0.25) is 0 Å². The summed E-state index contributed by atoms with van der Waals surface area (Å²) in [6, 6.07) is 8.77. The van der Waals surface area contributed by atoms with Crippen molar-refractivity contribution in [3.63, 3.8) is 0 Å². The molecule has 6 N–H and O–H groups in total. The van der Waals surface area contributed by atoms with Crippen LogP contribution in [0.2, 0.25) is 0 Å². The van der Waals surface area contributed by atoms with Gasteiger partial charge in [-0.1, -0.05) is 52.8 Å². The van der Waals surface area contributed by atoms with E-state index in [-0.39, 0.29) is 43.9 Å². The molecular formula is C49H87N3O12. The number of hydrogen-bond acceptors (Lipinski definition) is 15. The third-order valence-corrected chi connectivity index (χ3v) is 14.6. The van der Waals surface area contributed by atoms with Crippen LogP contribution in [0.3, 0.4) is 0 Å². The maximum Gasteiger partial charge on any atom is 0.311 e. The zero-order valence-corrected chi connectivity index (χ0v) is 41.5. The topological polar surface area (TPSA) is 190 Å². The minimum Gasteiger partial charge on any atom is -0.483 e. The molecule has 0 spiro atoms. The van der Waals surface area contributed by atoms with Crippen molar-refractivity contribution in [1.82, 2.24) is 15.5 Å². The van der Waals surface area contributed by atoms with E-state index in [1.165, 1.54) is 6.92 Å². The van der Waals surface area contributed by atoms with E-state index in [2.05, 4.69) is 36.3 Å². The van der Waals surface area contributed by atoms with E-state index >= 15 is 0 Å².